The minimum atomic E-state index is -0.815. The molecular weight excluding hydrogens is 308 g/mol. The minimum Gasteiger partial charge on any atom is -0.352 e. The van der Waals surface area contributed by atoms with Gasteiger partial charge in [-0.05, 0) is 38.5 Å². The van der Waals surface area contributed by atoms with Crippen molar-refractivity contribution < 1.29 is 9.59 Å². The third kappa shape index (κ3) is 2.39. The third-order valence-corrected chi connectivity index (χ3v) is 4.45. The highest BCUT2D eigenvalue weighted by Gasteiger charge is 2.40. The van der Waals surface area contributed by atoms with Gasteiger partial charge in [-0.1, -0.05) is 22.0 Å². The predicted octanol–water partition coefficient (Wildman–Crippen LogP) is 2.11. The van der Waals surface area contributed by atoms with E-state index in [1.807, 2.05) is 19.1 Å². The topological polar surface area (TPSA) is 49.4 Å². The van der Waals surface area contributed by atoms with E-state index in [4.69, 9.17) is 0 Å². The van der Waals surface area contributed by atoms with Gasteiger partial charge in [0.2, 0.25) is 5.91 Å². The lowest BCUT2D eigenvalue weighted by atomic mass is 9.96. The normalized spacial score (nSPS) is 18.1. The van der Waals surface area contributed by atoms with Crippen LogP contribution in [0.25, 0.3) is 0 Å². The van der Waals surface area contributed by atoms with Gasteiger partial charge in [0.15, 0.2) is 0 Å². The molecule has 0 bridgehead atoms. The van der Waals surface area contributed by atoms with E-state index >= 15 is 0 Å². The maximum atomic E-state index is 12.7. The second kappa shape index (κ2) is 4.96. The first-order chi connectivity index (χ1) is 8.85. The zero-order chi connectivity index (χ0) is 14.2. The van der Waals surface area contributed by atoms with Crippen molar-refractivity contribution in [2.45, 2.75) is 26.3 Å². The number of halogens is 1. The van der Waals surface area contributed by atoms with E-state index < -0.39 is 5.54 Å². The summed E-state index contributed by atoms with van der Waals surface area (Å²) in [5.41, 5.74) is 0.718. The highest BCUT2D eigenvalue weighted by Crippen LogP contribution is 2.25. The van der Waals surface area contributed by atoms with Crippen LogP contribution in [0.5, 0.6) is 0 Å². The summed E-state index contributed by atoms with van der Waals surface area (Å²) in [6.07, 6.45) is 0. The second-order valence-corrected chi connectivity index (χ2v) is 6.04. The summed E-state index contributed by atoms with van der Waals surface area (Å²) < 4.78 is 0.901. The Labute approximate surface area is 121 Å². The lowest BCUT2D eigenvalue weighted by Gasteiger charge is -2.41. The molecule has 0 aromatic heterocycles. The highest BCUT2D eigenvalue weighted by molar-refractivity contribution is 9.10. The molecule has 0 unspecified atom stereocenters. The first-order valence-corrected chi connectivity index (χ1v) is 7.00. The van der Waals surface area contributed by atoms with Crippen LogP contribution in [0, 0.1) is 6.92 Å². The number of rotatable bonds is 1. The predicted molar refractivity (Wildman–Crippen MR) is 77.0 cm³/mol. The van der Waals surface area contributed by atoms with Crippen LogP contribution in [0.1, 0.15) is 29.8 Å². The van der Waals surface area contributed by atoms with Crippen LogP contribution >= 0.6 is 15.9 Å². The number of amides is 2. The van der Waals surface area contributed by atoms with Crippen molar-refractivity contribution in [3.8, 4) is 0 Å². The fourth-order valence-electron chi connectivity index (χ4n) is 2.24. The van der Waals surface area contributed by atoms with Crippen LogP contribution in [0.4, 0.5) is 0 Å². The number of carbonyl (C=O) groups is 2. The Balaban J connectivity index is 2.38. The molecule has 0 saturated carbocycles. The van der Waals surface area contributed by atoms with Gasteiger partial charge < -0.3 is 10.2 Å². The SMILES string of the molecule is Cc1c(Br)cccc1C(=O)N1CCNC(=O)C1(C)C. The standard InChI is InChI=1S/C14H17BrN2O2/c1-9-10(5-4-6-11(9)15)12(18)17-8-7-16-13(19)14(17,2)3/h4-6H,7-8H2,1-3H3,(H,16,19). The monoisotopic (exact) mass is 324 g/mol. The van der Waals surface area contributed by atoms with E-state index in [1.165, 1.54) is 0 Å². The molecule has 1 fully saturated rings. The largest absolute Gasteiger partial charge is 0.352 e. The number of piperazine rings is 1. The Morgan fingerprint density at radius 2 is 2.11 bits per heavy atom. The second-order valence-electron chi connectivity index (χ2n) is 5.18. The average Bonchev–Trinajstić information content (AvgIpc) is 2.35. The van der Waals surface area contributed by atoms with Gasteiger partial charge >= 0.3 is 0 Å². The van der Waals surface area contributed by atoms with Crippen LogP contribution in [-0.2, 0) is 4.79 Å². The Morgan fingerprint density at radius 1 is 1.42 bits per heavy atom. The van der Waals surface area contributed by atoms with Gasteiger partial charge in [0, 0.05) is 23.1 Å². The van der Waals surface area contributed by atoms with Gasteiger partial charge in [-0.15, -0.1) is 0 Å². The number of hydrogen-bond donors (Lipinski definition) is 1. The first kappa shape index (κ1) is 14.1. The zero-order valence-corrected chi connectivity index (χ0v) is 12.9. The van der Waals surface area contributed by atoms with Gasteiger partial charge in [0.1, 0.15) is 5.54 Å². The Bertz CT molecular complexity index is 540. The van der Waals surface area contributed by atoms with Crippen molar-refractivity contribution >= 4 is 27.7 Å². The van der Waals surface area contributed by atoms with Crippen LogP contribution in [0.2, 0.25) is 0 Å². The molecule has 1 aliphatic rings. The van der Waals surface area contributed by atoms with Crippen LogP contribution in [0.3, 0.4) is 0 Å². The Morgan fingerprint density at radius 3 is 2.79 bits per heavy atom. The van der Waals surface area contributed by atoms with Crippen molar-refractivity contribution in [3.05, 3.63) is 33.8 Å². The molecule has 1 N–H and O–H groups in total. The maximum absolute atomic E-state index is 12.7. The summed E-state index contributed by atoms with van der Waals surface area (Å²) in [7, 11) is 0. The third-order valence-electron chi connectivity index (χ3n) is 3.59. The molecule has 1 heterocycles. The summed E-state index contributed by atoms with van der Waals surface area (Å²) in [6, 6.07) is 5.53. The molecule has 1 aliphatic heterocycles. The van der Waals surface area contributed by atoms with E-state index in [0.29, 0.717) is 18.7 Å². The first-order valence-electron chi connectivity index (χ1n) is 6.21. The Hall–Kier alpha value is -1.36. The molecule has 0 spiro atoms. The lowest BCUT2D eigenvalue weighted by Crippen LogP contribution is -2.63. The number of nitrogens with zero attached hydrogens (tertiary/aromatic N) is 1. The van der Waals surface area contributed by atoms with Crippen molar-refractivity contribution in [1.29, 1.82) is 0 Å². The van der Waals surface area contributed by atoms with Crippen molar-refractivity contribution in [3.63, 3.8) is 0 Å². The molecule has 0 atom stereocenters. The molecule has 0 radical (unpaired) electrons. The Kier molecular flexibility index (Phi) is 3.67. The molecule has 2 amide bonds. The molecule has 19 heavy (non-hydrogen) atoms. The molecule has 0 aliphatic carbocycles. The molecule has 2 rings (SSSR count). The highest BCUT2D eigenvalue weighted by atomic mass is 79.9. The van der Waals surface area contributed by atoms with E-state index in [1.54, 1.807) is 24.8 Å². The summed E-state index contributed by atoms with van der Waals surface area (Å²) >= 11 is 3.43. The van der Waals surface area contributed by atoms with Crippen LogP contribution in [-0.4, -0.2) is 35.3 Å². The van der Waals surface area contributed by atoms with Crippen molar-refractivity contribution in [2.24, 2.45) is 0 Å². The minimum absolute atomic E-state index is 0.0985. The number of benzene rings is 1. The number of nitrogens with one attached hydrogen (secondary N) is 1. The van der Waals surface area contributed by atoms with E-state index in [2.05, 4.69) is 21.2 Å². The number of hydrogen-bond acceptors (Lipinski definition) is 2. The zero-order valence-electron chi connectivity index (χ0n) is 11.3. The van der Waals surface area contributed by atoms with Gasteiger partial charge in [0.25, 0.3) is 5.91 Å². The van der Waals surface area contributed by atoms with Gasteiger partial charge in [-0.3, -0.25) is 9.59 Å². The molecule has 4 nitrogen and oxygen atoms in total. The van der Waals surface area contributed by atoms with E-state index in [9.17, 15) is 9.59 Å². The summed E-state index contributed by atoms with van der Waals surface area (Å²) in [4.78, 5) is 26.2. The molecule has 1 saturated heterocycles. The van der Waals surface area contributed by atoms with Gasteiger partial charge in [0.05, 0.1) is 0 Å². The molecular formula is C14H17BrN2O2. The molecule has 1 aromatic rings. The van der Waals surface area contributed by atoms with Crippen LogP contribution < -0.4 is 5.32 Å². The van der Waals surface area contributed by atoms with Gasteiger partial charge in [-0.2, -0.15) is 0 Å². The molecule has 102 valence electrons. The van der Waals surface area contributed by atoms with Gasteiger partial charge in [-0.25, -0.2) is 0 Å². The lowest BCUT2D eigenvalue weighted by molar-refractivity contribution is -0.133. The number of carbonyl (C=O) groups excluding carboxylic acids is 2. The fourth-order valence-corrected chi connectivity index (χ4v) is 2.61. The van der Waals surface area contributed by atoms with E-state index in [0.717, 1.165) is 10.0 Å². The van der Waals surface area contributed by atoms with Crippen LogP contribution in [0.15, 0.2) is 22.7 Å². The van der Waals surface area contributed by atoms with Crippen molar-refractivity contribution in [2.75, 3.05) is 13.1 Å². The fraction of sp³-hybridized carbons (Fsp3) is 0.429. The summed E-state index contributed by atoms with van der Waals surface area (Å²) in [5.74, 6) is -0.210. The maximum Gasteiger partial charge on any atom is 0.255 e. The summed E-state index contributed by atoms with van der Waals surface area (Å²) in [6.45, 7) is 6.47. The smallest absolute Gasteiger partial charge is 0.255 e. The quantitative estimate of drug-likeness (QED) is 0.860. The van der Waals surface area contributed by atoms with Crippen molar-refractivity contribution in [1.82, 2.24) is 10.2 Å². The molecule has 5 heteroatoms. The van der Waals surface area contributed by atoms with E-state index in [-0.39, 0.29) is 11.8 Å². The molecule has 1 aromatic carbocycles. The summed E-state index contributed by atoms with van der Waals surface area (Å²) in [5, 5.41) is 2.79. The average molecular weight is 325 g/mol.